The van der Waals surface area contributed by atoms with Crippen LogP contribution in [0.15, 0.2) is 6.07 Å². The van der Waals surface area contributed by atoms with Crippen molar-refractivity contribution in [3.05, 3.63) is 26.6 Å². The van der Waals surface area contributed by atoms with Crippen LogP contribution in [0.1, 0.15) is 28.2 Å². The first kappa shape index (κ1) is 12.3. The molecule has 0 spiro atoms. The van der Waals surface area contributed by atoms with Crippen molar-refractivity contribution in [2.45, 2.75) is 6.43 Å². The van der Waals surface area contributed by atoms with E-state index in [0.29, 0.717) is 0 Å². The minimum absolute atomic E-state index is 0.135. The van der Waals surface area contributed by atoms with Gasteiger partial charge in [-0.15, -0.1) is 0 Å². The van der Waals surface area contributed by atoms with E-state index in [-0.39, 0.29) is 14.8 Å². The lowest BCUT2D eigenvalue weighted by Crippen LogP contribution is -2.04. The highest BCUT2D eigenvalue weighted by molar-refractivity contribution is 14.1. The van der Waals surface area contributed by atoms with Gasteiger partial charge in [-0.1, -0.05) is 0 Å². The Morgan fingerprint density at radius 2 is 2.27 bits per heavy atom. The van der Waals surface area contributed by atoms with Crippen LogP contribution < -0.4 is 0 Å². The number of nitrogens with zero attached hydrogens (tertiary/aromatic N) is 2. The van der Waals surface area contributed by atoms with E-state index in [1.165, 1.54) is 0 Å². The van der Waals surface area contributed by atoms with Gasteiger partial charge in [-0.05, 0) is 40.3 Å². The number of nitriles is 1. The molecule has 0 unspecified atom stereocenters. The third-order valence-electron chi connectivity index (χ3n) is 1.52. The van der Waals surface area contributed by atoms with E-state index in [1.54, 1.807) is 28.7 Å². The van der Waals surface area contributed by atoms with Crippen LogP contribution in [0.5, 0.6) is 0 Å². The van der Waals surface area contributed by atoms with Crippen molar-refractivity contribution < 1.29 is 13.6 Å². The molecule has 0 saturated carbocycles. The second-order valence-electron chi connectivity index (χ2n) is 2.44. The van der Waals surface area contributed by atoms with Crippen molar-refractivity contribution in [1.82, 2.24) is 4.98 Å². The Balaban J connectivity index is 3.46. The average Bonchev–Trinajstić information content (AvgIpc) is 2.15. The Bertz CT molecular complexity index is 459. The summed E-state index contributed by atoms with van der Waals surface area (Å²) in [6.07, 6.45) is -2.79. The van der Waals surface area contributed by atoms with Crippen molar-refractivity contribution >= 4 is 39.4 Å². The lowest BCUT2D eigenvalue weighted by molar-refractivity contribution is 0.107. The summed E-state index contributed by atoms with van der Waals surface area (Å²) in [5.41, 5.74) is -1.06. The third kappa shape index (κ3) is 2.60. The fourth-order valence-electron chi connectivity index (χ4n) is 0.912. The van der Waals surface area contributed by atoms with E-state index in [2.05, 4.69) is 4.98 Å². The largest absolute Gasteiger partial charge is 0.280 e. The summed E-state index contributed by atoms with van der Waals surface area (Å²) in [6, 6.07) is 2.59. The van der Waals surface area contributed by atoms with Crippen molar-refractivity contribution in [2.75, 3.05) is 0 Å². The zero-order valence-electron chi connectivity index (χ0n) is 6.97. The Kier molecular flexibility index (Phi) is 3.93. The summed E-state index contributed by atoms with van der Waals surface area (Å²) in [7, 11) is 0. The van der Waals surface area contributed by atoms with Gasteiger partial charge in [-0.2, -0.15) is 5.26 Å². The predicted octanol–water partition coefficient (Wildman–Crippen LogP) is 2.87. The molecular formula is C8H2ClF2IN2O. The number of hydrogen-bond acceptors (Lipinski definition) is 3. The van der Waals surface area contributed by atoms with Gasteiger partial charge in [0.1, 0.15) is 11.8 Å². The third-order valence-corrected chi connectivity index (χ3v) is 2.56. The molecule has 1 heterocycles. The molecular weight excluding hydrogens is 340 g/mol. The van der Waals surface area contributed by atoms with Crippen molar-refractivity contribution in [1.29, 1.82) is 5.26 Å². The van der Waals surface area contributed by atoms with E-state index in [0.717, 1.165) is 6.07 Å². The molecule has 15 heavy (non-hydrogen) atoms. The lowest BCUT2D eigenvalue weighted by Gasteiger charge is -2.04. The van der Waals surface area contributed by atoms with Gasteiger partial charge >= 0.3 is 0 Å². The van der Waals surface area contributed by atoms with Crippen LogP contribution in [0.4, 0.5) is 8.78 Å². The molecule has 3 nitrogen and oxygen atoms in total. The van der Waals surface area contributed by atoms with Crippen LogP contribution in [0.25, 0.3) is 0 Å². The van der Waals surface area contributed by atoms with E-state index >= 15 is 0 Å². The molecule has 78 valence electrons. The minimum atomic E-state index is -2.79. The lowest BCUT2D eigenvalue weighted by atomic mass is 10.2. The smallest absolute Gasteiger partial charge is 0.275 e. The molecule has 1 aromatic rings. The summed E-state index contributed by atoms with van der Waals surface area (Å²) in [4.78, 5) is 14.3. The number of carbonyl (C=O) groups excluding carboxylic acids is 1. The van der Waals surface area contributed by atoms with Crippen molar-refractivity contribution in [3.8, 4) is 6.07 Å². The minimum Gasteiger partial charge on any atom is -0.275 e. The first-order valence-electron chi connectivity index (χ1n) is 3.56. The monoisotopic (exact) mass is 342 g/mol. The quantitative estimate of drug-likeness (QED) is 0.613. The molecule has 0 atom stereocenters. The van der Waals surface area contributed by atoms with E-state index < -0.39 is 17.4 Å². The zero-order chi connectivity index (χ0) is 11.6. The van der Waals surface area contributed by atoms with Gasteiger partial charge in [0.05, 0.1) is 5.56 Å². The Morgan fingerprint density at radius 1 is 1.67 bits per heavy atom. The maximum atomic E-state index is 12.3. The highest BCUT2D eigenvalue weighted by Gasteiger charge is 2.19. The topological polar surface area (TPSA) is 53.8 Å². The molecule has 0 N–H and O–H groups in total. The van der Waals surface area contributed by atoms with Crippen LogP contribution in [0.3, 0.4) is 0 Å². The molecule has 0 radical (unpaired) electrons. The van der Waals surface area contributed by atoms with Crippen molar-refractivity contribution in [3.63, 3.8) is 0 Å². The fourth-order valence-corrected chi connectivity index (χ4v) is 2.08. The summed E-state index contributed by atoms with van der Waals surface area (Å²) < 4.78 is 24.8. The Labute approximate surface area is 102 Å². The van der Waals surface area contributed by atoms with Crippen LogP contribution in [-0.2, 0) is 0 Å². The SMILES string of the molecule is N#Cc1nc(C(F)F)cc(I)c1C(=O)Cl. The molecule has 0 saturated heterocycles. The molecule has 0 aromatic carbocycles. The number of carbonyl (C=O) groups is 1. The van der Waals surface area contributed by atoms with Gasteiger partial charge in [0.15, 0.2) is 5.69 Å². The first-order chi connectivity index (χ1) is 6.97. The highest BCUT2D eigenvalue weighted by atomic mass is 127. The van der Waals surface area contributed by atoms with Gasteiger partial charge in [-0.3, -0.25) is 4.79 Å². The van der Waals surface area contributed by atoms with Gasteiger partial charge < -0.3 is 0 Å². The molecule has 1 aromatic heterocycles. The normalized spacial score (nSPS) is 10.1. The number of halogens is 4. The summed E-state index contributed by atoms with van der Waals surface area (Å²) in [5.74, 6) is 0. The standard InChI is InChI=1S/C8H2ClF2IN2O/c9-7(15)6-3(12)1-4(8(10)11)14-5(6)2-13/h1,8H. The molecule has 0 aliphatic carbocycles. The molecule has 1 rings (SSSR count). The molecule has 0 amide bonds. The number of hydrogen-bond donors (Lipinski definition) is 0. The predicted molar refractivity (Wildman–Crippen MR) is 56.8 cm³/mol. The number of pyridine rings is 1. The summed E-state index contributed by atoms with van der Waals surface area (Å²) in [6.45, 7) is 0. The van der Waals surface area contributed by atoms with E-state index in [9.17, 15) is 13.6 Å². The molecule has 0 aliphatic heterocycles. The summed E-state index contributed by atoms with van der Waals surface area (Å²) >= 11 is 6.86. The second kappa shape index (κ2) is 4.81. The maximum Gasteiger partial charge on any atom is 0.280 e. The van der Waals surface area contributed by atoms with Crippen LogP contribution in [0.2, 0.25) is 0 Å². The van der Waals surface area contributed by atoms with Crippen LogP contribution in [-0.4, -0.2) is 10.2 Å². The second-order valence-corrected chi connectivity index (χ2v) is 3.94. The van der Waals surface area contributed by atoms with E-state index in [4.69, 9.17) is 16.9 Å². The van der Waals surface area contributed by atoms with Gasteiger partial charge in [0.25, 0.3) is 11.7 Å². The fraction of sp³-hybridized carbons (Fsp3) is 0.125. The van der Waals surface area contributed by atoms with Gasteiger partial charge in [-0.25, -0.2) is 13.8 Å². The van der Waals surface area contributed by atoms with Gasteiger partial charge in [0, 0.05) is 3.57 Å². The Morgan fingerprint density at radius 3 is 2.67 bits per heavy atom. The number of alkyl halides is 2. The van der Waals surface area contributed by atoms with Gasteiger partial charge in [0.2, 0.25) is 0 Å². The van der Waals surface area contributed by atoms with Crippen molar-refractivity contribution in [2.24, 2.45) is 0 Å². The first-order valence-corrected chi connectivity index (χ1v) is 5.01. The molecule has 0 bridgehead atoms. The molecule has 0 fully saturated rings. The number of rotatable bonds is 2. The van der Waals surface area contributed by atoms with Crippen LogP contribution >= 0.6 is 34.2 Å². The van der Waals surface area contributed by atoms with Crippen LogP contribution in [0, 0.1) is 14.9 Å². The van der Waals surface area contributed by atoms with E-state index in [1.807, 2.05) is 0 Å². The maximum absolute atomic E-state index is 12.3. The summed E-state index contributed by atoms with van der Waals surface area (Å²) in [5, 5.41) is 7.74. The highest BCUT2D eigenvalue weighted by Crippen LogP contribution is 2.24. The number of aromatic nitrogens is 1. The molecule has 0 aliphatic rings. The molecule has 7 heteroatoms. The zero-order valence-corrected chi connectivity index (χ0v) is 9.88. The Hall–Kier alpha value is -0.810. The average molecular weight is 342 g/mol.